The summed E-state index contributed by atoms with van der Waals surface area (Å²) >= 11 is 1.73. The van der Waals surface area contributed by atoms with Gasteiger partial charge < -0.3 is 4.74 Å². The number of fused-ring (bicyclic) bond motifs is 1. The normalized spacial score (nSPS) is 16.8. The Morgan fingerprint density at radius 1 is 1.00 bits per heavy atom. The summed E-state index contributed by atoms with van der Waals surface area (Å²) in [6.07, 6.45) is 0. The van der Waals surface area contributed by atoms with Crippen LogP contribution in [0.15, 0.2) is 65.8 Å². The summed E-state index contributed by atoms with van der Waals surface area (Å²) in [6.45, 7) is 2.09. The Morgan fingerprint density at radius 3 is 2.58 bits per heavy atom. The molecule has 1 aliphatic rings. The molecule has 4 rings (SSSR count). The van der Waals surface area contributed by atoms with Gasteiger partial charge in [-0.2, -0.15) is 5.10 Å². The molecule has 1 N–H and O–H groups in total. The standard InChI is InChI=1S/C20H18N2OS/c1-13-7-9-15(10-8-13)19-21-22-20(24-19)18-16-6-4-3-5-14(16)11-12-17(18)23-2/h3-12,20,22H,1-2H3/t20-/m0/s1. The molecule has 4 heteroatoms. The molecule has 1 atom stereocenters. The third kappa shape index (κ3) is 2.63. The third-order valence-electron chi connectivity index (χ3n) is 4.22. The van der Waals surface area contributed by atoms with Gasteiger partial charge in [0.05, 0.1) is 7.11 Å². The van der Waals surface area contributed by atoms with Gasteiger partial charge in [0.15, 0.2) is 0 Å². The number of aryl methyl sites for hydroxylation is 1. The average Bonchev–Trinajstić information content (AvgIpc) is 3.11. The monoisotopic (exact) mass is 334 g/mol. The first-order chi connectivity index (χ1) is 11.8. The van der Waals surface area contributed by atoms with Crippen molar-refractivity contribution in [3.63, 3.8) is 0 Å². The summed E-state index contributed by atoms with van der Waals surface area (Å²) in [5.74, 6) is 0.888. The van der Waals surface area contributed by atoms with E-state index in [1.165, 1.54) is 16.3 Å². The van der Waals surface area contributed by atoms with Crippen molar-refractivity contribution in [1.29, 1.82) is 0 Å². The minimum Gasteiger partial charge on any atom is -0.496 e. The third-order valence-corrected chi connectivity index (χ3v) is 5.35. The van der Waals surface area contributed by atoms with Crippen molar-refractivity contribution < 1.29 is 4.74 Å². The van der Waals surface area contributed by atoms with Crippen LogP contribution in [-0.2, 0) is 0 Å². The average molecular weight is 334 g/mol. The van der Waals surface area contributed by atoms with Gasteiger partial charge in [-0.1, -0.05) is 71.9 Å². The Morgan fingerprint density at radius 2 is 1.79 bits per heavy atom. The van der Waals surface area contributed by atoms with Gasteiger partial charge >= 0.3 is 0 Å². The van der Waals surface area contributed by atoms with Gasteiger partial charge in [0.2, 0.25) is 0 Å². The molecule has 120 valence electrons. The molecule has 0 spiro atoms. The number of nitrogens with one attached hydrogen (secondary N) is 1. The molecule has 0 bridgehead atoms. The highest BCUT2D eigenvalue weighted by atomic mass is 32.2. The van der Waals surface area contributed by atoms with Crippen molar-refractivity contribution in [3.8, 4) is 5.75 Å². The molecule has 3 nitrogen and oxygen atoms in total. The molecule has 0 aromatic heterocycles. The quantitative estimate of drug-likeness (QED) is 0.743. The smallest absolute Gasteiger partial charge is 0.126 e. The molecule has 3 aromatic rings. The Balaban J connectivity index is 1.71. The highest BCUT2D eigenvalue weighted by Gasteiger charge is 2.26. The maximum Gasteiger partial charge on any atom is 0.126 e. The van der Waals surface area contributed by atoms with E-state index in [0.717, 1.165) is 21.9 Å². The lowest BCUT2D eigenvalue weighted by Crippen LogP contribution is -2.09. The molecule has 24 heavy (non-hydrogen) atoms. The van der Waals surface area contributed by atoms with Crippen molar-refractivity contribution in [2.24, 2.45) is 5.10 Å². The van der Waals surface area contributed by atoms with Crippen LogP contribution >= 0.6 is 11.8 Å². The molecule has 0 unspecified atom stereocenters. The molecule has 1 heterocycles. The van der Waals surface area contributed by atoms with Crippen molar-refractivity contribution in [2.45, 2.75) is 12.3 Å². The lowest BCUT2D eigenvalue weighted by molar-refractivity contribution is 0.409. The maximum atomic E-state index is 5.62. The summed E-state index contributed by atoms with van der Waals surface area (Å²) < 4.78 is 5.62. The molecule has 1 aliphatic heterocycles. The van der Waals surface area contributed by atoms with Gasteiger partial charge in [0.1, 0.15) is 16.2 Å². The summed E-state index contributed by atoms with van der Waals surface area (Å²) in [6, 6.07) is 21.0. The second-order valence-electron chi connectivity index (χ2n) is 5.81. The van der Waals surface area contributed by atoms with E-state index in [4.69, 9.17) is 4.74 Å². The second-order valence-corrected chi connectivity index (χ2v) is 6.91. The molecule has 0 fully saturated rings. The molecular formula is C20H18N2OS. The van der Waals surface area contributed by atoms with E-state index in [2.05, 4.69) is 72.0 Å². The van der Waals surface area contributed by atoms with Crippen LogP contribution < -0.4 is 10.2 Å². The Hall–Kier alpha value is -2.46. The first kappa shape index (κ1) is 15.1. The van der Waals surface area contributed by atoms with Gasteiger partial charge in [0, 0.05) is 11.1 Å². The van der Waals surface area contributed by atoms with Gasteiger partial charge in [-0.25, -0.2) is 0 Å². The summed E-state index contributed by atoms with van der Waals surface area (Å²) in [4.78, 5) is 0. The number of ether oxygens (including phenoxy) is 1. The predicted molar refractivity (Wildman–Crippen MR) is 102 cm³/mol. The number of hydrogen-bond acceptors (Lipinski definition) is 4. The van der Waals surface area contributed by atoms with E-state index < -0.39 is 0 Å². The lowest BCUT2D eigenvalue weighted by atomic mass is 10.0. The molecule has 0 radical (unpaired) electrons. The zero-order valence-electron chi connectivity index (χ0n) is 13.6. The molecule has 0 aliphatic carbocycles. The van der Waals surface area contributed by atoms with Gasteiger partial charge in [0.25, 0.3) is 0 Å². The zero-order chi connectivity index (χ0) is 16.5. The van der Waals surface area contributed by atoms with Crippen LogP contribution in [0.2, 0.25) is 0 Å². The molecule has 3 aromatic carbocycles. The SMILES string of the molecule is COc1ccc2ccccc2c1[C@H]1NN=C(c2ccc(C)cc2)S1. The molecule has 0 saturated heterocycles. The summed E-state index contributed by atoms with van der Waals surface area (Å²) in [7, 11) is 1.72. The second kappa shape index (κ2) is 6.21. The summed E-state index contributed by atoms with van der Waals surface area (Å²) in [5, 5.41) is 8.01. The van der Waals surface area contributed by atoms with Crippen LogP contribution in [0, 0.1) is 6.92 Å². The number of hydrogen-bond donors (Lipinski definition) is 1. The largest absolute Gasteiger partial charge is 0.496 e. The number of nitrogens with zero attached hydrogens (tertiary/aromatic N) is 1. The van der Waals surface area contributed by atoms with Crippen LogP contribution in [0.3, 0.4) is 0 Å². The Labute approximate surface area is 145 Å². The maximum absolute atomic E-state index is 5.62. The summed E-state index contributed by atoms with van der Waals surface area (Å²) in [5.41, 5.74) is 6.81. The number of methoxy groups -OCH3 is 1. The van der Waals surface area contributed by atoms with Crippen molar-refractivity contribution in [3.05, 3.63) is 77.4 Å². The van der Waals surface area contributed by atoms with E-state index >= 15 is 0 Å². The van der Waals surface area contributed by atoms with Crippen LogP contribution in [0.25, 0.3) is 10.8 Å². The van der Waals surface area contributed by atoms with Gasteiger partial charge in [-0.15, -0.1) is 0 Å². The molecule has 0 saturated carbocycles. The van der Waals surface area contributed by atoms with Gasteiger partial charge in [-0.05, 0) is 23.8 Å². The van der Waals surface area contributed by atoms with Gasteiger partial charge in [-0.3, -0.25) is 5.43 Å². The van der Waals surface area contributed by atoms with Crippen LogP contribution in [-0.4, -0.2) is 12.2 Å². The van der Waals surface area contributed by atoms with Crippen molar-refractivity contribution in [1.82, 2.24) is 5.43 Å². The first-order valence-electron chi connectivity index (χ1n) is 7.89. The van der Waals surface area contributed by atoms with E-state index in [-0.39, 0.29) is 5.37 Å². The number of rotatable bonds is 3. The minimum absolute atomic E-state index is 0.0438. The lowest BCUT2D eigenvalue weighted by Gasteiger charge is -2.17. The van der Waals surface area contributed by atoms with Crippen LogP contribution in [0.4, 0.5) is 0 Å². The van der Waals surface area contributed by atoms with Crippen LogP contribution in [0.5, 0.6) is 5.75 Å². The topological polar surface area (TPSA) is 33.6 Å². The number of hydrazone groups is 1. The predicted octanol–water partition coefficient (Wildman–Crippen LogP) is 4.85. The van der Waals surface area contributed by atoms with E-state index in [1.807, 2.05) is 6.07 Å². The minimum atomic E-state index is 0.0438. The molecular weight excluding hydrogens is 316 g/mol. The highest BCUT2D eigenvalue weighted by Crippen LogP contribution is 2.42. The molecule has 0 amide bonds. The van der Waals surface area contributed by atoms with E-state index in [1.54, 1.807) is 18.9 Å². The first-order valence-corrected chi connectivity index (χ1v) is 8.77. The van der Waals surface area contributed by atoms with Crippen molar-refractivity contribution in [2.75, 3.05) is 7.11 Å². The number of benzene rings is 3. The fraction of sp³-hybridized carbons (Fsp3) is 0.150. The fourth-order valence-electron chi connectivity index (χ4n) is 2.96. The van der Waals surface area contributed by atoms with Crippen molar-refractivity contribution >= 4 is 27.6 Å². The van der Waals surface area contributed by atoms with E-state index in [0.29, 0.717) is 0 Å². The van der Waals surface area contributed by atoms with Crippen LogP contribution in [0.1, 0.15) is 22.1 Å². The highest BCUT2D eigenvalue weighted by molar-refractivity contribution is 8.14. The fourth-order valence-corrected chi connectivity index (χ4v) is 4.03. The number of thioether (sulfide) groups is 1. The van der Waals surface area contributed by atoms with E-state index in [9.17, 15) is 0 Å². The Kier molecular flexibility index (Phi) is 3.90. The zero-order valence-corrected chi connectivity index (χ0v) is 14.4. The Bertz CT molecular complexity index is 919.